The largest absolute Gasteiger partial charge is 0.463 e. The number of carbonyl (C=O) groups is 5. The van der Waals surface area contributed by atoms with Crippen molar-refractivity contribution in [3.05, 3.63) is 71.8 Å². The van der Waals surface area contributed by atoms with Crippen LogP contribution in [0.4, 0.5) is 0 Å². The summed E-state index contributed by atoms with van der Waals surface area (Å²) in [6.07, 6.45) is -10.7. The number of hydrogen-bond acceptors (Lipinski definition) is 14. The van der Waals surface area contributed by atoms with Crippen molar-refractivity contribution in [3.63, 3.8) is 0 Å². The number of carbonyl (C=O) groups excluding carboxylic acids is 5. The van der Waals surface area contributed by atoms with Crippen LogP contribution < -0.4 is 0 Å². The van der Waals surface area contributed by atoms with Crippen molar-refractivity contribution < 1.29 is 67.0 Å². The van der Waals surface area contributed by atoms with Gasteiger partial charge in [-0.1, -0.05) is 36.4 Å². The molecule has 2 fully saturated rings. The van der Waals surface area contributed by atoms with Gasteiger partial charge in [0.2, 0.25) is 0 Å². The molecule has 0 radical (unpaired) electrons. The fraction of sp³-hybridized carbons (Fsp3) is 0.433. The molecule has 14 heteroatoms. The molecule has 2 aliphatic heterocycles. The van der Waals surface area contributed by atoms with E-state index in [0.717, 1.165) is 13.8 Å². The van der Waals surface area contributed by atoms with E-state index in [-0.39, 0.29) is 17.7 Å². The van der Waals surface area contributed by atoms with Gasteiger partial charge in [-0.3, -0.25) is 14.4 Å². The Hall–Kier alpha value is -4.37. The maximum atomic E-state index is 13.0. The van der Waals surface area contributed by atoms with E-state index in [4.69, 9.17) is 37.9 Å². The summed E-state index contributed by atoms with van der Waals surface area (Å²) >= 11 is 0. The monoisotopic (exact) mass is 616 g/mol. The maximum Gasteiger partial charge on any atom is 0.338 e. The first-order valence-electron chi connectivity index (χ1n) is 13.6. The molecule has 2 heterocycles. The Labute approximate surface area is 252 Å². The summed E-state index contributed by atoms with van der Waals surface area (Å²) in [4.78, 5) is 60.9. The highest BCUT2D eigenvalue weighted by Crippen LogP contribution is 2.32. The number of ether oxygens (including phenoxy) is 8. The van der Waals surface area contributed by atoms with E-state index in [1.807, 2.05) is 0 Å². The second kappa shape index (κ2) is 14.9. The first-order chi connectivity index (χ1) is 21.0. The lowest BCUT2D eigenvalue weighted by atomic mass is 10.1. The van der Waals surface area contributed by atoms with Crippen LogP contribution in [0.15, 0.2) is 60.7 Å². The van der Waals surface area contributed by atoms with Crippen LogP contribution in [-0.2, 0) is 52.3 Å². The van der Waals surface area contributed by atoms with Gasteiger partial charge in [-0.15, -0.1) is 0 Å². The minimum absolute atomic E-state index is 0.187. The zero-order valence-electron chi connectivity index (χ0n) is 24.1. The Morgan fingerprint density at radius 1 is 0.614 bits per heavy atom. The normalized spacial score (nSPS) is 27.6. The van der Waals surface area contributed by atoms with Gasteiger partial charge in [0.1, 0.15) is 18.8 Å². The zero-order valence-corrected chi connectivity index (χ0v) is 24.1. The lowest BCUT2D eigenvalue weighted by Crippen LogP contribution is -2.44. The molecule has 0 aromatic heterocycles. The van der Waals surface area contributed by atoms with Crippen LogP contribution >= 0.6 is 0 Å². The van der Waals surface area contributed by atoms with Gasteiger partial charge in [-0.25, -0.2) is 9.59 Å². The maximum absolute atomic E-state index is 13.0. The molecule has 2 saturated heterocycles. The summed E-state index contributed by atoms with van der Waals surface area (Å²) in [7, 11) is 0. The summed E-state index contributed by atoms with van der Waals surface area (Å²) in [6, 6.07) is 16.0. The Kier molecular flexibility index (Phi) is 11.0. The van der Waals surface area contributed by atoms with Crippen molar-refractivity contribution in [2.45, 2.75) is 70.0 Å². The number of esters is 5. The number of rotatable bonds is 11. The van der Waals surface area contributed by atoms with E-state index in [1.165, 1.54) is 31.2 Å². The topological polar surface area (TPSA) is 179 Å². The van der Waals surface area contributed by atoms with Crippen LogP contribution in [0.5, 0.6) is 0 Å². The highest BCUT2D eigenvalue weighted by Gasteiger charge is 2.53. The summed E-state index contributed by atoms with van der Waals surface area (Å²) < 4.78 is 44.1. The van der Waals surface area contributed by atoms with Crippen LogP contribution in [0.2, 0.25) is 0 Å². The molecule has 2 aromatic rings. The smallest absolute Gasteiger partial charge is 0.338 e. The first-order valence-corrected chi connectivity index (χ1v) is 13.6. The minimum Gasteiger partial charge on any atom is -0.463 e. The third kappa shape index (κ3) is 8.38. The minimum atomic E-state index is -1.72. The van der Waals surface area contributed by atoms with Crippen molar-refractivity contribution in [1.29, 1.82) is 0 Å². The van der Waals surface area contributed by atoms with Gasteiger partial charge in [-0.05, 0) is 24.3 Å². The highest BCUT2D eigenvalue weighted by atomic mass is 16.8. The van der Waals surface area contributed by atoms with Gasteiger partial charge in [0.05, 0.1) is 17.7 Å². The van der Waals surface area contributed by atoms with Crippen LogP contribution in [0.25, 0.3) is 0 Å². The number of benzene rings is 2. The summed E-state index contributed by atoms with van der Waals surface area (Å²) in [6.45, 7) is 2.64. The molecular weight excluding hydrogens is 584 g/mol. The molecule has 2 aliphatic rings. The summed E-state index contributed by atoms with van der Waals surface area (Å²) in [5, 5.41) is 10.7. The third-order valence-electron chi connectivity index (χ3n) is 6.54. The molecule has 1 N–H and O–H groups in total. The molecule has 0 amide bonds. The Balaban J connectivity index is 1.54. The molecule has 44 heavy (non-hydrogen) atoms. The van der Waals surface area contributed by atoms with E-state index in [9.17, 15) is 29.1 Å². The highest BCUT2D eigenvalue weighted by molar-refractivity contribution is 5.90. The van der Waals surface area contributed by atoms with Crippen LogP contribution in [0, 0.1) is 0 Å². The third-order valence-corrected chi connectivity index (χ3v) is 6.54. The quantitative estimate of drug-likeness (QED) is 0.282. The van der Waals surface area contributed by atoms with Crippen molar-refractivity contribution in [3.8, 4) is 0 Å². The van der Waals surface area contributed by atoms with Gasteiger partial charge in [0.25, 0.3) is 0 Å². The van der Waals surface area contributed by atoms with Crippen molar-refractivity contribution in [1.82, 2.24) is 0 Å². The van der Waals surface area contributed by atoms with Crippen molar-refractivity contribution in [2.75, 3.05) is 13.2 Å². The molecule has 0 unspecified atom stereocenters. The summed E-state index contributed by atoms with van der Waals surface area (Å²) in [5.41, 5.74) is 0.375. The van der Waals surface area contributed by atoms with Gasteiger partial charge in [0.15, 0.2) is 37.0 Å². The average molecular weight is 617 g/mol. The lowest BCUT2D eigenvalue weighted by Gasteiger charge is -2.26. The van der Waals surface area contributed by atoms with Gasteiger partial charge in [0, 0.05) is 20.8 Å². The SMILES string of the molecule is CC(=O)OC[C@H]1O[C@H](OC[C@H]2O[C@H](O)[C@@H](OC(=O)c3ccccc3)[C@@H]2OC(=O)c2ccccc2)[C@@H](OC(C)=O)[C@H]1OC(C)=O. The molecule has 0 saturated carbocycles. The lowest BCUT2D eigenvalue weighted by molar-refractivity contribution is -0.207. The number of aliphatic hydroxyl groups is 1. The zero-order chi connectivity index (χ0) is 31.8. The molecule has 236 valence electrons. The average Bonchev–Trinajstić information content (AvgIpc) is 3.46. The molecule has 0 aliphatic carbocycles. The molecule has 8 atom stereocenters. The predicted octanol–water partition coefficient (Wildman–Crippen LogP) is 1.32. The van der Waals surface area contributed by atoms with E-state index in [0.29, 0.717) is 0 Å². The van der Waals surface area contributed by atoms with Crippen molar-refractivity contribution in [2.24, 2.45) is 0 Å². The molecule has 0 spiro atoms. The molecule has 2 aromatic carbocycles. The fourth-order valence-corrected chi connectivity index (χ4v) is 4.64. The number of hydrogen-bond donors (Lipinski definition) is 1. The Morgan fingerprint density at radius 2 is 1.09 bits per heavy atom. The first kappa shape index (κ1) is 32.5. The fourth-order valence-electron chi connectivity index (χ4n) is 4.64. The van der Waals surface area contributed by atoms with Crippen molar-refractivity contribution >= 4 is 29.8 Å². The molecular formula is C30H32O14. The second-order valence-electron chi connectivity index (χ2n) is 9.86. The van der Waals surface area contributed by atoms with Crippen LogP contribution in [-0.4, -0.2) is 97.4 Å². The summed E-state index contributed by atoms with van der Waals surface area (Å²) in [5.74, 6) is -3.68. The predicted molar refractivity (Wildman–Crippen MR) is 145 cm³/mol. The van der Waals surface area contributed by atoms with E-state index < -0.39 is 85.7 Å². The van der Waals surface area contributed by atoms with Crippen LogP contribution in [0.3, 0.4) is 0 Å². The standard InChI is InChI=1S/C30H32O14/c1-16(31)37-14-22-24(39-17(2)32)26(40-18(3)33)30(42-22)38-15-21-23(43-27(34)19-10-6-4-7-11-19)25(29(36)41-21)44-28(35)20-12-8-5-9-13-20/h4-13,21-26,29-30,36H,14-15H2,1-3H3/t21-,22-,23-,24+,25+,26+,29+,30+/m1/s1. The molecule has 0 bridgehead atoms. The molecule has 4 rings (SSSR count). The van der Waals surface area contributed by atoms with Gasteiger partial charge < -0.3 is 43.0 Å². The van der Waals surface area contributed by atoms with E-state index in [1.54, 1.807) is 36.4 Å². The van der Waals surface area contributed by atoms with Gasteiger partial charge >= 0.3 is 29.8 Å². The van der Waals surface area contributed by atoms with E-state index >= 15 is 0 Å². The van der Waals surface area contributed by atoms with Gasteiger partial charge in [-0.2, -0.15) is 0 Å². The van der Waals surface area contributed by atoms with E-state index in [2.05, 4.69) is 0 Å². The Morgan fingerprint density at radius 3 is 1.61 bits per heavy atom. The second-order valence-corrected chi connectivity index (χ2v) is 9.86. The number of aliphatic hydroxyl groups excluding tert-OH is 1. The van der Waals surface area contributed by atoms with Crippen LogP contribution in [0.1, 0.15) is 41.5 Å². The Bertz CT molecular complexity index is 1320. The molecule has 14 nitrogen and oxygen atoms in total.